The summed E-state index contributed by atoms with van der Waals surface area (Å²) in [6, 6.07) is 23.0. The van der Waals surface area contributed by atoms with Crippen LogP contribution in [-0.2, 0) is 5.60 Å². The highest BCUT2D eigenvalue weighted by molar-refractivity contribution is 5.64. The van der Waals surface area contributed by atoms with Crippen molar-refractivity contribution in [2.45, 2.75) is 25.0 Å². The molecular weight excluding hydrogens is 363 g/mol. The summed E-state index contributed by atoms with van der Waals surface area (Å²) in [5, 5.41) is 11.7. The maximum absolute atomic E-state index is 14.7. The molecule has 0 radical (unpaired) electrons. The SMILES string of the molecule is Cc1ccc([C@H]2C[C@](O)(c3ccc(-c4ccccc4)cc3)c3cncn32)c(F)c1. The van der Waals surface area contributed by atoms with Crippen molar-refractivity contribution in [1.82, 2.24) is 9.55 Å². The number of aryl methyl sites for hydroxylation is 1. The van der Waals surface area contributed by atoms with Gasteiger partial charge in [0.15, 0.2) is 0 Å². The molecule has 2 heterocycles. The van der Waals surface area contributed by atoms with E-state index >= 15 is 0 Å². The highest BCUT2D eigenvalue weighted by Gasteiger charge is 2.45. The van der Waals surface area contributed by atoms with E-state index in [2.05, 4.69) is 17.1 Å². The summed E-state index contributed by atoms with van der Waals surface area (Å²) >= 11 is 0. The molecule has 1 N–H and O–H groups in total. The predicted molar refractivity (Wildman–Crippen MR) is 111 cm³/mol. The van der Waals surface area contributed by atoms with Gasteiger partial charge in [-0.2, -0.15) is 0 Å². The lowest BCUT2D eigenvalue weighted by atomic mass is 9.86. The Bertz CT molecular complexity index is 1170. The average molecular weight is 384 g/mol. The number of hydrogen-bond acceptors (Lipinski definition) is 2. The van der Waals surface area contributed by atoms with Gasteiger partial charge in [0.05, 0.1) is 24.3 Å². The van der Waals surface area contributed by atoms with Crippen molar-refractivity contribution >= 4 is 0 Å². The van der Waals surface area contributed by atoms with Crippen LogP contribution in [0.5, 0.6) is 0 Å². The van der Waals surface area contributed by atoms with Crippen molar-refractivity contribution in [2.75, 3.05) is 0 Å². The van der Waals surface area contributed by atoms with Gasteiger partial charge in [0.1, 0.15) is 11.4 Å². The van der Waals surface area contributed by atoms with E-state index in [1.165, 1.54) is 6.07 Å². The summed E-state index contributed by atoms with van der Waals surface area (Å²) < 4.78 is 16.6. The fourth-order valence-corrected chi connectivity index (χ4v) is 4.35. The molecule has 1 aliphatic heterocycles. The van der Waals surface area contributed by atoms with Gasteiger partial charge in [-0.15, -0.1) is 0 Å². The van der Waals surface area contributed by atoms with Crippen LogP contribution in [0, 0.1) is 12.7 Å². The maximum Gasteiger partial charge on any atom is 0.133 e. The van der Waals surface area contributed by atoms with Crippen LogP contribution in [0.2, 0.25) is 0 Å². The van der Waals surface area contributed by atoms with Crippen molar-refractivity contribution in [3.05, 3.63) is 114 Å². The van der Waals surface area contributed by atoms with Gasteiger partial charge >= 0.3 is 0 Å². The van der Waals surface area contributed by atoms with E-state index in [0.29, 0.717) is 17.7 Å². The van der Waals surface area contributed by atoms with Crippen LogP contribution in [0.3, 0.4) is 0 Å². The first-order valence-electron chi connectivity index (χ1n) is 9.73. The molecule has 0 aliphatic carbocycles. The second kappa shape index (κ2) is 6.68. The molecule has 0 bridgehead atoms. The van der Waals surface area contributed by atoms with E-state index in [-0.39, 0.29) is 11.9 Å². The van der Waals surface area contributed by atoms with E-state index in [1.807, 2.05) is 66.1 Å². The summed E-state index contributed by atoms with van der Waals surface area (Å²) in [5.41, 5.74) is 3.93. The zero-order chi connectivity index (χ0) is 20.0. The van der Waals surface area contributed by atoms with Crippen molar-refractivity contribution in [1.29, 1.82) is 0 Å². The van der Waals surface area contributed by atoms with Crippen LogP contribution in [0.1, 0.15) is 34.8 Å². The molecule has 0 fully saturated rings. The van der Waals surface area contributed by atoms with E-state index in [9.17, 15) is 9.50 Å². The third kappa shape index (κ3) is 2.88. The minimum Gasteiger partial charge on any atom is -0.379 e. The van der Waals surface area contributed by atoms with Crippen molar-refractivity contribution < 1.29 is 9.50 Å². The second-order valence-corrected chi connectivity index (χ2v) is 7.73. The Balaban J connectivity index is 1.54. The smallest absolute Gasteiger partial charge is 0.133 e. The third-order valence-electron chi connectivity index (χ3n) is 5.90. The largest absolute Gasteiger partial charge is 0.379 e. The van der Waals surface area contributed by atoms with E-state index in [1.54, 1.807) is 12.5 Å². The molecule has 2 atom stereocenters. The Morgan fingerprint density at radius 1 is 1.00 bits per heavy atom. The molecule has 0 saturated heterocycles. The Morgan fingerprint density at radius 2 is 1.72 bits per heavy atom. The van der Waals surface area contributed by atoms with Crippen LogP contribution >= 0.6 is 0 Å². The number of aromatic nitrogens is 2. The molecule has 0 saturated carbocycles. The fraction of sp³-hybridized carbons (Fsp3) is 0.160. The number of imidazole rings is 1. The van der Waals surface area contributed by atoms with Crippen LogP contribution < -0.4 is 0 Å². The molecule has 4 heteroatoms. The first-order chi connectivity index (χ1) is 14.1. The molecule has 1 aliphatic rings. The van der Waals surface area contributed by atoms with Crippen LogP contribution in [0.15, 0.2) is 85.3 Å². The quantitative estimate of drug-likeness (QED) is 0.525. The Hall–Kier alpha value is -3.24. The van der Waals surface area contributed by atoms with Crippen LogP contribution in [0.25, 0.3) is 11.1 Å². The zero-order valence-corrected chi connectivity index (χ0v) is 16.1. The molecule has 0 spiro atoms. The van der Waals surface area contributed by atoms with Gasteiger partial charge in [0.25, 0.3) is 0 Å². The third-order valence-corrected chi connectivity index (χ3v) is 5.90. The molecule has 1 aromatic heterocycles. The Morgan fingerprint density at radius 3 is 2.45 bits per heavy atom. The molecule has 0 unspecified atom stereocenters. The number of aliphatic hydroxyl groups is 1. The topological polar surface area (TPSA) is 38.1 Å². The lowest BCUT2D eigenvalue weighted by molar-refractivity contribution is 0.0792. The number of hydrogen-bond donors (Lipinski definition) is 1. The highest BCUT2D eigenvalue weighted by atomic mass is 19.1. The maximum atomic E-state index is 14.7. The monoisotopic (exact) mass is 384 g/mol. The van der Waals surface area contributed by atoms with Gasteiger partial charge in [0, 0.05) is 12.0 Å². The summed E-state index contributed by atoms with van der Waals surface area (Å²) in [7, 11) is 0. The normalized spacial score (nSPS) is 20.6. The van der Waals surface area contributed by atoms with Gasteiger partial charge in [0.2, 0.25) is 0 Å². The zero-order valence-electron chi connectivity index (χ0n) is 16.1. The number of fused-ring (bicyclic) bond motifs is 1. The minimum absolute atomic E-state index is 0.252. The summed E-state index contributed by atoms with van der Waals surface area (Å²) in [4.78, 5) is 4.23. The van der Waals surface area contributed by atoms with Gasteiger partial charge in [-0.25, -0.2) is 9.37 Å². The summed E-state index contributed by atoms with van der Waals surface area (Å²) in [5.74, 6) is -0.252. The molecule has 5 rings (SSSR count). The number of benzene rings is 3. The van der Waals surface area contributed by atoms with Crippen LogP contribution in [-0.4, -0.2) is 14.7 Å². The first kappa shape index (κ1) is 17.8. The van der Waals surface area contributed by atoms with Crippen molar-refractivity contribution in [2.24, 2.45) is 0 Å². The molecule has 4 aromatic rings. The van der Waals surface area contributed by atoms with E-state index in [0.717, 1.165) is 22.3 Å². The molecule has 144 valence electrons. The lowest BCUT2D eigenvalue weighted by Gasteiger charge is -2.23. The molecule has 0 amide bonds. The molecule has 29 heavy (non-hydrogen) atoms. The van der Waals surface area contributed by atoms with Crippen molar-refractivity contribution in [3.63, 3.8) is 0 Å². The van der Waals surface area contributed by atoms with Crippen molar-refractivity contribution in [3.8, 4) is 11.1 Å². The minimum atomic E-state index is -1.21. The molecular formula is C25H21FN2O. The van der Waals surface area contributed by atoms with Gasteiger partial charge < -0.3 is 9.67 Å². The van der Waals surface area contributed by atoms with E-state index < -0.39 is 5.60 Å². The van der Waals surface area contributed by atoms with Crippen LogP contribution in [0.4, 0.5) is 4.39 Å². The summed E-state index contributed by atoms with van der Waals surface area (Å²) in [6.45, 7) is 1.87. The van der Waals surface area contributed by atoms with Gasteiger partial charge in [-0.3, -0.25) is 0 Å². The van der Waals surface area contributed by atoms with Gasteiger partial charge in [-0.1, -0.05) is 66.7 Å². The average Bonchev–Trinajstić information content (AvgIpc) is 3.33. The number of nitrogens with zero attached hydrogens (tertiary/aromatic N) is 2. The Kier molecular flexibility index (Phi) is 4.10. The van der Waals surface area contributed by atoms with E-state index in [4.69, 9.17) is 0 Å². The molecule has 3 aromatic carbocycles. The Labute approximate surface area is 169 Å². The second-order valence-electron chi connectivity index (χ2n) is 7.73. The number of rotatable bonds is 3. The molecule has 3 nitrogen and oxygen atoms in total. The standard InChI is InChI=1S/C25H21FN2O/c1-17-7-12-21(22(26)13-17)23-14-25(29,24-15-27-16-28(23)24)20-10-8-19(9-11-20)18-5-3-2-4-6-18/h2-13,15-16,23,29H,14H2,1H3/t23-,25+/m1/s1. The van der Waals surface area contributed by atoms with Gasteiger partial charge in [-0.05, 0) is 35.2 Å². The lowest BCUT2D eigenvalue weighted by Crippen LogP contribution is -2.24. The predicted octanol–water partition coefficient (Wildman–Crippen LogP) is 5.23. The summed E-state index contributed by atoms with van der Waals surface area (Å²) in [6.07, 6.45) is 3.72. The fourth-order valence-electron chi connectivity index (χ4n) is 4.35. The number of halogens is 1. The highest BCUT2D eigenvalue weighted by Crippen LogP contribution is 2.47. The first-order valence-corrected chi connectivity index (χ1v) is 9.73.